The smallest absolute Gasteiger partial charge is 0.264 e. The highest BCUT2D eigenvalue weighted by Crippen LogP contribution is 2.24. The average Bonchev–Trinajstić information content (AvgIpc) is 2.40. The van der Waals surface area contributed by atoms with E-state index in [1.807, 2.05) is 0 Å². The number of hydrogen-bond donors (Lipinski definition) is 2. The normalized spacial score (nSPS) is 10.9. The summed E-state index contributed by atoms with van der Waals surface area (Å²) in [5, 5.41) is 8.65. The Morgan fingerprint density at radius 3 is 2.52 bits per heavy atom. The van der Waals surface area contributed by atoms with Crippen LogP contribution in [0.15, 0.2) is 41.3 Å². The highest BCUT2D eigenvalue weighted by Gasteiger charge is 2.19. The van der Waals surface area contributed by atoms with Crippen molar-refractivity contribution in [3.8, 4) is 6.07 Å². The van der Waals surface area contributed by atoms with Crippen molar-refractivity contribution in [3.05, 3.63) is 53.3 Å². The van der Waals surface area contributed by atoms with E-state index in [4.69, 9.17) is 11.0 Å². The van der Waals surface area contributed by atoms with Crippen LogP contribution in [0.1, 0.15) is 11.1 Å². The Bertz CT molecular complexity index is 842. The zero-order valence-corrected chi connectivity index (χ0v) is 11.9. The SMILES string of the molecule is Cc1ccc(S(=O)(=O)Nc2ccc(C#N)cc2F)c(N)c1. The lowest BCUT2D eigenvalue weighted by Crippen LogP contribution is -2.15. The molecule has 0 unspecified atom stereocenters. The summed E-state index contributed by atoms with van der Waals surface area (Å²) in [6.07, 6.45) is 0. The van der Waals surface area contributed by atoms with Crippen LogP contribution in [0.5, 0.6) is 0 Å². The summed E-state index contributed by atoms with van der Waals surface area (Å²) in [6, 6.07) is 9.70. The molecule has 3 N–H and O–H groups in total. The van der Waals surface area contributed by atoms with Crippen molar-refractivity contribution in [2.75, 3.05) is 10.5 Å². The Balaban J connectivity index is 2.40. The largest absolute Gasteiger partial charge is 0.398 e. The zero-order valence-electron chi connectivity index (χ0n) is 11.1. The maximum Gasteiger partial charge on any atom is 0.264 e. The molecule has 0 aromatic heterocycles. The number of nitrogens with zero attached hydrogens (tertiary/aromatic N) is 1. The Kier molecular flexibility index (Phi) is 3.82. The van der Waals surface area contributed by atoms with Gasteiger partial charge in [-0.2, -0.15) is 5.26 Å². The molecule has 0 aliphatic heterocycles. The summed E-state index contributed by atoms with van der Waals surface area (Å²) >= 11 is 0. The van der Waals surface area contributed by atoms with Gasteiger partial charge in [-0.15, -0.1) is 0 Å². The highest BCUT2D eigenvalue weighted by atomic mass is 32.2. The maximum absolute atomic E-state index is 13.7. The second-order valence-electron chi connectivity index (χ2n) is 4.45. The molecule has 0 atom stereocenters. The Hall–Kier alpha value is -2.59. The Morgan fingerprint density at radius 1 is 1.24 bits per heavy atom. The second-order valence-corrected chi connectivity index (χ2v) is 6.10. The first-order valence-corrected chi connectivity index (χ1v) is 7.40. The number of halogens is 1. The van der Waals surface area contributed by atoms with Gasteiger partial charge in [0, 0.05) is 0 Å². The van der Waals surface area contributed by atoms with E-state index in [0.717, 1.165) is 11.6 Å². The van der Waals surface area contributed by atoms with Crippen LogP contribution in [0.25, 0.3) is 0 Å². The molecule has 0 saturated heterocycles. The summed E-state index contributed by atoms with van der Waals surface area (Å²) < 4.78 is 40.3. The molecule has 2 aromatic rings. The number of hydrogen-bond acceptors (Lipinski definition) is 4. The van der Waals surface area contributed by atoms with Crippen LogP contribution < -0.4 is 10.5 Å². The number of nitrogens with two attached hydrogens (primary N) is 1. The van der Waals surface area contributed by atoms with Crippen LogP contribution in [-0.4, -0.2) is 8.42 Å². The van der Waals surface area contributed by atoms with E-state index in [2.05, 4.69) is 4.72 Å². The zero-order chi connectivity index (χ0) is 15.6. The van der Waals surface area contributed by atoms with Crippen molar-refractivity contribution in [3.63, 3.8) is 0 Å². The molecule has 0 radical (unpaired) electrons. The van der Waals surface area contributed by atoms with Gasteiger partial charge in [0.2, 0.25) is 0 Å². The fourth-order valence-electron chi connectivity index (χ4n) is 1.78. The number of nitriles is 1. The van der Waals surface area contributed by atoms with Crippen LogP contribution in [-0.2, 0) is 10.0 Å². The first-order valence-electron chi connectivity index (χ1n) is 5.92. The minimum absolute atomic E-state index is 0.0801. The minimum atomic E-state index is -4.00. The molecule has 0 heterocycles. The van der Waals surface area contributed by atoms with Crippen molar-refractivity contribution >= 4 is 21.4 Å². The van der Waals surface area contributed by atoms with E-state index >= 15 is 0 Å². The van der Waals surface area contributed by atoms with Gasteiger partial charge in [0.25, 0.3) is 10.0 Å². The number of nitrogens with one attached hydrogen (secondary N) is 1. The maximum atomic E-state index is 13.7. The minimum Gasteiger partial charge on any atom is -0.398 e. The molecule has 0 aliphatic rings. The average molecular weight is 305 g/mol. The van der Waals surface area contributed by atoms with Crippen molar-refractivity contribution in [1.29, 1.82) is 5.26 Å². The first kappa shape index (κ1) is 14.8. The Labute approximate surface area is 121 Å². The molecule has 0 fully saturated rings. The van der Waals surface area contributed by atoms with Gasteiger partial charge >= 0.3 is 0 Å². The van der Waals surface area contributed by atoms with Gasteiger partial charge in [0.1, 0.15) is 10.7 Å². The van der Waals surface area contributed by atoms with Gasteiger partial charge in [-0.25, -0.2) is 12.8 Å². The van der Waals surface area contributed by atoms with Gasteiger partial charge in [-0.05, 0) is 42.8 Å². The molecular weight excluding hydrogens is 293 g/mol. The topological polar surface area (TPSA) is 96.0 Å². The van der Waals surface area contributed by atoms with Crippen LogP contribution in [0.2, 0.25) is 0 Å². The summed E-state index contributed by atoms with van der Waals surface area (Å²) in [7, 11) is -4.00. The summed E-state index contributed by atoms with van der Waals surface area (Å²) in [5.41, 5.74) is 6.45. The van der Waals surface area contributed by atoms with Crippen LogP contribution in [0.4, 0.5) is 15.8 Å². The lowest BCUT2D eigenvalue weighted by molar-refractivity contribution is 0.599. The highest BCUT2D eigenvalue weighted by molar-refractivity contribution is 7.92. The molecule has 0 saturated carbocycles. The first-order chi connectivity index (χ1) is 9.83. The lowest BCUT2D eigenvalue weighted by Gasteiger charge is -2.11. The van der Waals surface area contributed by atoms with Crippen LogP contribution >= 0.6 is 0 Å². The van der Waals surface area contributed by atoms with Gasteiger partial charge in [0.05, 0.1) is 23.0 Å². The molecular formula is C14H12FN3O2S. The van der Waals surface area contributed by atoms with E-state index < -0.39 is 15.8 Å². The molecule has 7 heteroatoms. The van der Waals surface area contributed by atoms with Crippen LogP contribution in [0.3, 0.4) is 0 Å². The van der Waals surface area contributed by atoms with Gasteiger partial charge in [0.15, 0.2) is 0 Å². The van der Waals surface area contributed by atoms with E-state index in [9.17, 15) is 12.8 Å². The number of anilines is 2. The van der Waals surface area contributed by atoms with Gasteiger partial charge in [-0.1, -0.05) is 6.07 Å². The number of aryl methyl sites for hydroxylation is 1. The molecule has 108 valence electrons. The third kappa shape index (κ3) is 3.12. The van der Waals surface area contributed by atoms with E-state index in [-0.39, 0.29) is 21.8 Å². The van der Waals surface area contributed by atoms with Crippen molar-refractivity contribution in [1.82, 2.24) is 0 Å². The van der Waals surface area contributed by atoms with E-state index in [1.54, 1.807) is 19.1 Å². The fourth-order valence-corrected chi connectivity index (χ4v) is 2.96. The summed E-state index contributed by atoms with van der Waals surface area (Å²) in [5.74, 6) is -0.830. The number of nitrogen functional groups attached to an aromatic ring is 1. The molecule has 21 heavy (non-hydrogen) atoms. The lowest BCUT2D eigenvalue weighted by atomic mass is 10.2. The third-order valence-corrected chi connectivity index (χ3v) is 4.24. The monoisotopic (exact) mass is 305 g/mol. The number of rotatable bonds is 3. The molecule has 0 spiro atoms. The molecule has 5 nitrogen and oxygen atoms in total. The predicted octanol–water partition coefficient (Wildman–Crippen LogP) is 2.39. The van der Waals surface area contributed by atoms with Gasteiger partial charge < -0.3 is 5.73 Å². The molecule has 2 rings (SSSR count). The van der Waals surface area contributed by atoms with E-state index in [0.29, 0.717) is 0 Å². The molecule has 0 aliphatic carbocycles. The Morgan fingerprint density at radius 2 is 1.95 bits per heavy atom. The molecule has 0 bridgehead atoms. The third-order valence-electron chi connectivity index (χ3n) is 2.80. The molecule has 0 amide bonds. The fraction of sp³-hybridized carbons (Fsp3) is 0.0714. The number of benzene rings is 2. The predicted molar refractivity (Wildman–Crippen MR) is 77.5 cm³/mol. The van der Waals surface area contributed by atoms with Crippen molar-refractivity contribution in [2.24, 2.45) is 0 Å². The second kappa shape index (κ2) is 5.42. The van der Waals surface area contributed by atoms with Gasteiger partial charge in [-0.3, -0.25) is 4.72 Å². The standard InChI is InChI=1S/C14H12FN3O2S/c1-9-2-5-14(12(17)6-9)21(19,20)18-13-4-3-10(8-16)7-11(13)15/h2-7,18H,17H2,1H3. The number of sulfonamides is 1. The van der Waals surface area contributed by atoms with Crippen molar-refractivity contribution < 1.29 is 12.8 Å². The van der Waals surface area contributed by atoms with E-state index in [1.165, 1.54) is 24.3 Å². The van der Waals surface area contributed by atoms with Crippen molar-refractivity contribution in [2.45, 2.75) is 11.8 Å². The van der Waals surface area contributed by atoms with Crippen LogP contribution in [0, 0.1) is 24.1 Å². The quantitative estimate of drug-likeness (QED) is 0.851. The molecule has 2 aromatic carbocycles. The summed E-state index contributed by atoms with van der Waals surface area (Å²) in [6.45, 7) is 1.78. The summed E-state index contributed by atoms with van der Waals surface area (Å²) in [4.78, 5) is -0.128.